The molecule has 0 aliphatic carbocycles. The van der Waals surface area contributed by atoms with Crippen molar-refractivity contribution in [1.29, 1.82) is 0 Å². The van der Waals surface area contributed by atoms with Gasteiger partial charge in [0.25, 0.3) is 0 Å². The summed E-state index contributed by atoms with van der Waals surface area (Å²) in [5.74, 6) is 1.79. The van der Waals surface area contributed by atoms with Gasteiger partial charge in [0, 0.05) is 60.3 Å². The van der Waals surface area contributed by atoms with Crippen LogP contribution in [0.25, 0.3) is 0 Å². The van der Waals surface area contributed by atoms with Gasteiger partial charge < -0.3 is 19.4 Å². The van der Waals surface area contributed by atoms with E-state index in [0.29, 0.717) is 19.6 Å². The molecule has 0 fully saturated rings. The predicted octanol–water partition coefficient (Wildman–Crippen LogP) is 6.88. The molecule has 6 nitrogen and oxygen atoms in total. The van der Waals surface area contributed by atoms with Gasteiger partial charge in [0.05, 0.1) is 12.9 Å². The Morgan fingerprint density at radius 2 is 1.76 bits per heavy atom. The number of imidazole rings is 1. The summed E-state index contributed by atoms with van der Waals surface area (Å²) in [6.45, 7) is 6.23. The van der Waals surface area contributed by atoms with E-state index in [9.17, 15) is 4.79 Å². The Bertz CT molecular complexity index is 1300. The van der Waals surface area contributed by atoms with Crippen LogP contribution in [0.2, 0.25) is 0 Å². The number of benzene rings is 3. The van der Waals surface area contributed by atoms with Crippen LogP contribution in [-0.2, 0) is 22.7 Å². The first-order valence-corrected chi connectivity index (χ1v) is 12.9. The topological polar surface area (TPSA) is 65.4 Å². The molecule has 1 amide bonds. The third-order valence-corrected chi connectivity index (χ3v) is 6.79. The van der Waals surface area contributed by atoms with Crippen LogP contribution < -0.4 is 10.1 Å². The highest BCUT2D eigenvalue weighted by Crippen LogP contribution is 2.45. The largest absolute Gasteiger partial charge is 0.457 e. The number of carbonyl (C=O) groups excluding carboxylic acids is 1. The summed E-state index contributed by atoms with van der Waals surface area (Å²) < 4.78 is 14.2. The SMILES string of the molecule is CC(C)c1cccc(COCCCn2ccnc2)c1NC(=O)CC1c2ccccc2Oc2ccccc21. The number of carbonyl (C=O) groups is 1. The smallest absolute Gasteiger partial charge is 0.225 e. The molecule has 0 saturated heterocycles. The Hall–Kier alpha value is -3.90. The van der Waals surface area contributed by atoms with E-state index in [4.69, 9.17) is 9.47 Å². The maximum absolute atomic E-state index is 13.5. The monoisotopic (exact) mass is 495 g/mol. The number of nitrogens with zero attached hydrogens (tertiary/aromatic N) is 2. The van der Waals surface area contributed by atoms with Gasteiger partial charge >= 0.3 is 0 Å². The molecule has 3 aromatic carbocycles. The number of hydrogen-bond donors (Lipinski definition) is 1. The minimum Gasteiger partial charge on any atom is -0.457 e. The number of aromatic nitrogens is 2. The van der Waals surface area contributed by atoms with E-state index in [-0.39, 0.29) is 17.7 Å². The Balaban J connectivity index is 1.31. The summed E-state index contributed by atoms with van der Waals surface area (Å²) in [5, 5.41) is 3.26. The van der Waals surface area contributed by atoms with E-state index >= 15 is 0 Å². The number of anilines is 1. The molecule has 1 aromatic heterocycles. The molecular formula is C31H33N3O3. The summed E-state index contributed by atoms with van der Waals surface area (Å²) in [6, 6.07) is 22.1. The second kappa shape index (κ2) is 11.4. The molecule has 0 spiro atoms. The normalized spacial score (nSPS) is 12.6. The van der Waals surface area contributed by atoms with Crippen LogP contribution in [0.4, 0.5) is 5.69 Å². The molecule has 4 aromatic rings. The van der Waals surface area contributed by atoms with E-state index in [2.05, 4.69) is 30.2 Å². The number of rotatable bonds is 10. The highest BCUT2D eigenvalue weighted by molar-refractivity contribution is 5.93. The summed E-state index contributed by atoms with van der Waals surface area (Å²) in [4.78, 5) is 17.6. The zero-order valence-electron chi connectivity index (χ0n) is 21.4. The van der Waals surface area contributed by atoms with Gasteiger partial charge in [0.2, 0.25) is 5.91 Å². The molecule has 1 aliphatic heterocycles. The van der Waals surface area contributed by atoms with E-state index in [0.717, 1.165) is 52.4 Å². The van der Waals surface area contributed by atoms with Crippen LogP contribution in [-0.4, -0.2) is 22.1 Å². The summed E-state index contributed by atoms with van der Waals surface area (Å²) in [7, 11) is 0. The lowest BCUT2D eigenvalue weighted by molar-refractivity contribution is -0.116. The van der Waals surface area contributed by atoms with Gasteiger partial charge in [-0.3, -0.25) is 4.79 Å². The van der Waals surface area contributed by atoms with Gasteiger partial charge in [-0.25, -0.2) is 4.98 Å². The van der Waals surface area contributed by atoms with Gasteiger partial charge in [-0.1, -0.05) is 68.4 Å². The number of amides is 1. The van der Waals surface area contributed by atoms with Crippen molar-refractivity contribution >= 4 is 11.6 Å². The van der Waals surface area contributed by atoms with Crippen LogP contribution in [0, 0.1) is 0 Å². The highest BCUT2D eigenvalue weighted by Gasteiger charge is 2.29. The zero-order chi connectivity index (χ0) is 25.6. The van der Waals surface area contributed by atoms with Crippen molar-refractivity contribution in [3.63, 3.8) is 0 Å². The fourth-order valence-corrected chi connectivity index (χ4v) is 4.93. The van der Waals surface area contributed by atoms with Gasteiger partial charge in [0.1, 0.15) is 11.5 Å². The number of fused-ring (bicyclic) bond motifs is 2. The molecule has 6 heteroatoms. The molecule has 190 valence electrons. The first kappa shape index (κ1) is 24.8. The number of ether oxygens (including phenoxy) is 2. The molecule has 5 rings (SSSR count). The molecular weight excluding hydrogens is 462 g/mol. The molecule has 2 heterocycles. The second-order valence-electron chi connectivity index (χ2n) is 9.73. The van der Waals surface area contributed by atoms with Gasteiger partial charge in [-0.2, -0.15) is 0 Å². The van der Waals surface area contributed by atoms with Crippen molar-refractivity contribution in [2.24, 2.45) is 0 Å². The quantitative estimate of drug-likeness (QED) is 0.244. The van der Waals surface area contributed by atoms with Crippen LogP contribution in [0.1, 0.15) is 60.8 Å². The lowest BCUT2D eigenvalue weighted by atomic mass is 9.85. The molecule has 37 heavy (non-hydrogen) atoms. The second-order valence-corrected chi connectivity index (χ2v) is 9.73. The minimum atomic E-state index is -0.0739. The summed E-state index contributed by atoms with van der Waals surface area (Å²) in [6.07, 6.45) is 6.77. The van der Waals surface area contributed by atoms with Crippen LogP contribution in [0.3, 0.4) is 0 Å². The Labute approximate surface area is 218 Å². The maximum atomic E-state index is 13.5. The standard InChI is InChI=1S/C31H33N3O3/c1-22(2)24-12-7-9-23(20-36-18-8-16-34-17-15-32-21-34)31(24)33-30(35)19-27-25-10-3-5-13-28(25)37-29-14-6-4-11-26(27)29/h3-7,9-15,17,21-22,27H,8,16,18-20H2,1-2H3,(H,33,35). The van der Waals surface area contributed by atoms with Crippen molar-refractivity contribution in [3.8, 4) is 11.5 Å². The van der Waals surface area contributed by atoms with Crippen molar-refractivity contribution in [1.82, 2.24) is 9.55 Å². The van der Waals surface area contributed by atoms with Gasteiger partial charge in [-0.05, 0) is 30.0 Å². The molecule has 1 aliphatic rings. The van der Waals surface area contributed by atoms with E-state index in [1.807, 2.05) is 77.8 Å². The van der Waals surface area contributed by atoms with Crippen molar-refractivity contribution in [3.05, 3.63) is 108 Å². The molecule has 0 atom stereocenters. The number of hydrogen-bond acceptors (Lipinski definition) is 4. The number of para-hydroxylation sites is 3. The average Bonchev–Trinajstić information content (AvgIpc) is 3.42. The third kappa shape index (κ3) is 5.75. The summed E-state index contributed by atoms with van der Waals surface area (Å²) in [5.41, 5.74) is 5.05. The molecule has 0 radical (unpaired) electrons. The molecule has 0 unspecified atom stereocenters. The van der Waals surface area contributed by atoms with Crippen molar-refractivity contribution in [2.75, 3.05) is 11.9 Å². The van der Waals surface area contributed by atoms with Crippen molar-refractivity contribution < 1.29 is 14.3 Å². The molecule has 0 bridgehead atoms. The van der Waals surface area contributed by atoms with Gasteiger partial charge in [0.15, 0.2) is 0 Å². The number of aryl methyl sites for hydroxylation is 1. The van der Waals surface area contributed by atoms with E-state index in [1.54, 1.807) is 6.20 Å². The maximum Gasteiger partial charge on any atom is 0.225 e. The van der Waals surface area contributed by atoms with Crippen LogP contribution >= 0.6 is 0 Å². The summed E-state index contributed by atoms with van der Waals surface area (Å²) >= 11 is 0. The Morgan fingerprint density at radius 3 is 2.43 bits per heavy atom. The Kier molecular flexibility index (Phi) is 7.66. The molecule has 0 saturated carbocycles. The van der Waals surface area contributed by atoms with E-state index in [1.165, 1.54) is 0 Å². The predicted molar refractivity (Wildman–Crippen MR) is 145 cm³/mol. The fourth-order valence-electron chi connectivity index (χ4n) is 4.93. The van der Waals surface area contributed by atoms with E-state index < -0.39 is 0 Å². The average molecular weight is 496 g/mol. The van der Waals surface area contributed by atoms with Crippen LogP contribution in [0.5, 0.6) is 11.5 Å². The third-order valence-electron chi connectivity index (χ3n) is 6.79. The van der Waals surface area contributed by atoms with Gasteiger partial charge in [-0.15, -0.1) is 0 Å². The Morgan fingerprint density at radius 1 is 1.03 bits per heavy atom. The van der Waals surface area contributed by atoms with Crippen molar-refractivity contribution in [2.45, 2.75) is 51.7 Å². The highest BCUT2D eigenvalue weighted by atomic mass is 16.5. The first-order valence-electron chi connectivity index (χ1n) is 12.9. The lowest BCUT2D eigenvalue weighted by Gasteiger charge is -2.28. The fraction of sp³-hybridized carbons (Fsp3) is 0.290. The number of nitrogens with one attached hydrogen (secondary N) is 1. The van der Waals surface area contributed by atoms with Crippen LogP contribution in [0.15, 0.2) is 85.5 Å². The first-order chi connectivity index (χ1) is 18.1. The zero-order valence-corrected chi connectivity index (χ0v) is 21.4. The molecule has 1 N–H and O–H groups in total. The lowest BCUT2D eigenvalue weighted by Crippen LogP contribution is -2.20. The minimum absolute atomic E-state index is 0.0223.